The van der Waals surface area contributed by atoms with E-state index in [9.17, 15) is 18.4 Å². The standard InChI is InChI=1S/C24H24F2N2O4/c25-18-8-9-20(26)19(13-18)17-12-21(15-4-2-1-3-5-15)28(14-17)23(30)22(16-6-7-16)27-24(31)32-11-10-29/h1-5,8-9,12-13,16,21-22,29H,6-7,10-11,14H2,(H,27,31)/t21-,22-/m0/s1. The van der Waals surface area contributed by atoms with Gasteiger partial charge in [0.25, 0.3) is 0 Å². The highest BCUT2D eigenvalue weighted by atomic mass is 19.1. The van der Waals surface area contributed by atoms with Gasteiger partial charge < -0.3 is 20.1 Å². The summed E-state index contributed by atoms with van der Waals surface area (Å²) in [6.07, 6.45) is 2.57. The summed E-state index contributed by atoms with van der Waals surface area (Å²) in [5.41, 5.74) is 1.44. The molecule has 1 aliphatic heterocycles. The Balaban J connectivity index is 1.63. The van der Waals surface area contributed by atoms with Gasteiger partial charge in [-0.25, -0.2) is 13.6 Å². The van der Waals surface area contributed by atoms with Crippen LogP contribution in [0, 0.1) is 17.6 Å². The maximum atomic E-state index is 14.5. The third-order valence-corrected chi connectivity index (χ3v) is 5.69. The molecule has 6 nitrogen and oxygen atoms in total. The van der Waals surface area contributed by atoms with Crippen LogP contribution >= 0.6 is 0 Å². The SMILES string of the molecule is O=C(N[C@H](C(=O)N1CC(c2cc(F)ccc2F)=C[C@H]1c1ccccc1)C1CC1)OCCO. The predicted molar refractivity (Wildman–Crippen MR) is 113 cm³/mol. The van der Waals surface area contributed by atoms with Crippen molar-refractivity contribution < 1.29 is 28.2 Å². The van der Waals surface area contributed by atoms with E-state index >= 15 is 0 Å². The van der Waals surface area contributed by atoms with E-state index in [1.54, 1.807) is 11.0 Å². The van der Waals surface area contributed by atoms with Crippen LogP contribution in [0.3, 0.4) is 0 Å². The first kappa shape index (κ1) is 22.0. The molecule has 8 heteroatoms. The first-order valence-electron chi connectivity index (χ1n) is 10.5. The van der Waals surface area contributed by atoms with Crippen LogP contribution in [0.2, 0.25) is 0 Å². The van der Waals surface area contributed by atoms with Gasteiger partial charge in [-0.1, -0.05) is 36.4 Å². The number of aliphatic hydroxyl groups excluding tert-OH is 1. The quantitative estimate of drug-likeness (QED) is 0.689. The molecule has 0 bridgehead atoms. The lowest BCUT2D eigenvalue weighted by Gasteiger charge is -2.29. The first-order valence-corrected chi connectivity index (χ1v) is 10.5. The molecule has 4 rings (SSSR count). The van der Waals surface area contributed by atoms with Gasteiger partial charge in [-0.15, -0.1) is 0 Å². The van der Waals surface area contributed by atoms with E-state index < -0.39 is 29.8 Å². The van der Waals surface area contributed by atoms with Crippen LogP contribution in [0.25, 0.3) is 5.57 Å². The van der Waals surface area contributed by atoms with Crippen molar-refractivity contribution in [2.45, 2.75) is 24.9 Å². The van der Waals surface area contributed by atoms with Gasteiger partial charge in [-0.2, -0.15) is 0 Å². The van der Waals surface area contributed by atoms with Gasteiger partial charge in [0, 0.05) is 12.1 Å². The average Bonchev–Trinajstić information content (AvgIpc) is 3.55. The fraction of sp³-hybridized carbons (Fsp3) is 0.333. The van der Waals surface area contributed by atoms with Crippen LogP contribution in [-0.2, 0) is 9.53 Å². The minimum absolute atomic E-state index is 0.0180. The second kappa shape index (κ2) is 9.48. The fourth-order valence-electron chi connectivity index (χ4n) is 3.97. The predicted octanol–water partition coefficient (Wildman–Crippen LogP) is 3.43. The summed E-state index contributed by atoms with van der Waals surface area (Å²) >= 11 is 0. The molecule has 1 aliphatic carbocycles. The van der Waals surface area contributed by atoms with E-state index in [1.807, 2.05) is 30.3 Å². The van der Waals surface area contributed by atoms with E-state index in [1.165, 1.54) is 0 Å². The molecule has 1 fully saturated rings. The molecule has 1 saturated carbocycles. The summed E-state index contributed by atoms with van der Waals surface area (Å²) in [7, 11) is 0. The van der Waals surface area contributed by atoms with E-state index in [0.717, 1.165) is 36.6 Å². The number of carbonyl (C=O) groups excluding carboxylic acids is 2. The smallest absolute Gasteiger partial charge is 0.407 e. The van der Waals surface area contributed by atoms with Crippen molar-refractivity contribution in [1.29, 1.82) is 0 Å². The summed E-state index contributed by atoms with van der Waals surface area (Å²) in [6.45, 7) is -0.405. The lowest BCUT2D eigenvalue weighted by atomic mass is 10.0. The topological polar surface area (TPSA) is 78.9 Å². The lowest BCUT2D eigenvalue weighted by Crippen LogP contribution is -2.50. The Kier molecular flexibility index (Phi) is 6.50. The molecular formula is C24H24F2N2O4. The van der Waals surface area contributed by atoms with E-state index in [2.05, 4.69) is 5.32 Å². The molecule has 2 aliphatic rings. The number of rotatable bonds is 7. The molecule has 168 valence electrons. The third kappa shape index (κ3) is 4.80. The summed E-state index contributed by atoms with van der Waals surface area (Å²) in [4.78, 5) is 27.2. The van der Waals surface area contributed by atoms with Crippen molar-refractivity contribution >= 4 is 17.6 Å². The number of halogens is 2. The molecule has 0 unspecified atom stereocenters. The van der Waals surface area contributed by atoms with Crippen LogP contribution in [0.5, 0.6) is 0 Å². The Labute approximate surface area is 184 Å². The number of aliphatic hydroxyl groups is 1. The molecule has 0 spiro atoms. The van der Waals surface area contributed by atoms with Gasteiger partial charge in [0.15, 0.2) is 0 Å². The van der Waals surface area contributed by atoms with Gasteiger partial charge in [0.1, 0.15) is 24.3 Å². The number of benzene rings is 2. The van der Waals surface area contributed by atoms with Crippen LogP contribution in [0.4, 0.5) is 13.6 Å². The monoisotopic (exact) mass is 442 g/mol. The van der Waals surface area contributed by atoms with Gasteiger partial charge >= 0.3 is 6.09 Å². The molecule has 2 aromatic carbocycles. The summed E-state index contributed by atoms with van der Waals surface area (Å²) in [5.74, 6) is -1.46. The zero-order valence-electron chi connectivity index (χ0n) is 17.3. The lowest BCUT2D eigenvalue weighted by molar-refractivity contribution is -0.134. The number of nitrogens with zero attached hydrogens (tertiary/aromatic N) is 1. The Morgan fingerprint density at radius 3 is 2.59 bits per heavy atom. The molecule has 0 aromatic heterocycles. The Hall–Kier alpha value is -3.26. The van der Waals surface area contributed by atoms with Crippen molar-refractivity contribution in [3.63, 3.8) is 0 Å². The summed E-state index contributed by atoms with van der Waals surface area (Å²) in [6, 6.07) is 11.2. The van der Waals surface area contributed by atoms with Crippen molar-refractivity contribution in [1.82, 2.24) is 10.2 Å². The van der Waals surface area contributed by atoms with Crippen molar-refractivity contribution in [2.75, 3.05) is 19.8 Å². The Morgan fingerprint density at radius 2 is 1.91 bits per heavy atom. The minimum Gasteiger partial charge on any atom is -0.447 e. The molecular weight excluding hydrogens is 418 g/mol. The second-order valence-electron chi connectivity index (χ2n) is 7.96. The number of carbonyl (C=O) groups is 2. The number of nitrogens with one attached hydrogen (secondary N) is 1. The zero-order valence-corrected chi connectivity index (χ0v) is 17.3. The van der Waals surface area contributed by atoms with E-state index in [4.69, 9.17) is 9.84 Å². The maximum Gasteiger partial charge on any atom is 0.407 e. The van der Waals surface area contributed by atoms with E-state index in [0.29, 0.717) is 5.57 Å². The molecule has 32 heavy (non-hydrogen) atoms. The van der Waals surface area contributed by atoms with Crippen LogP contribution in [0.1, 0.15) is 30.0 Å². The number of hydrogen-bond acceptors (Lipinski definition) is 4. The van der Waals surface area contributed by atoms with Crippen LogP contribution in [-0.4, -0.2) is 47.8 Å². The highest BCUT2D eigenvalue weighted by Gasteiger charge is 2.43. The molecule has 2 atom stereocenters. The van der Waals surface area contributed by atoms with Crippen molar-refractivity contribution in [3.8, 4) is 0 Å². The first-order chi connectivity index (χ1) is 15.5. The summed E-state index contributed by atoms with van der Waals surface area (Å²) < 4.78 is 33.1. The largest absolute Gasteiger partial charge is 0.447 e. The van der Waals surface area contributed by atoms with Crippen molar-refractivity contribution in [2.24, 2.45) is 5.92 Å². The number of alkyl carbamates (subject to hydrolysis) is 1. The maximum absolute atomic E-state index is 14.5. The molecule has 0 saturated heterocycles. The number of ether oxygens (including phenoxy) is 1. The number of amides is 2. The normalized spacial score (nSPS) is 18.8. The average molecular weight is 442 g/mol. The molecule has 2 N–H and O–H groups in total. The van der Waals surface area contributed by atoms with Crippen LogP contribution < -0.4 is 5.32 Å². The fourth-order valence-corrected chi connectivity index (χ4v) is 3.97. The second-order valence-corrected chi connectivity index (χ2v) is 7.96. The van der Waals surface area contributed by atoms with Gasteiger partial charge in [-0.05, 0) is 48.1 Å². The Bertz CT molecular complexity index is 1020. The van der Waals surface area contributed by atoms with Crippen LogP contribution in [0.15, 0.2) is 54.6 Å². The van der Waals surface area contributed by atoms with Crippen molar-refractivity contribution in [3.05, 3.63) is 77.4 Å². The minimum atomic E-state index is -0.794. The summed E-state index contributed by atoms with van der Waals surface area (Å²) in [5, 5.41) is 11.5. The zero-order chi connectivity index (χ0) is 22.7. The highest BCUT2D eigenvalue weighted by molar-refractivity contribution is 5.90. The molecule has 2 aromatic rings. The highest BCUT2D eigenvalue weighted by Crippen LogP contribution is 2.39. The van der Waals surface area contributed by atoms with Gasteiger partial charge in [-0.3, -0.25) is 4.79 Å². The third-order valence-electron chi connectivity index (χ3n) is 5.69. The van der Waals surface area contributed by atoms with Gasteiger partial charge in [0.2, 0.25) is 5.91 Å². The van der Waals surface area contributed by atoms with E-state index in [-0.39, 0.29) is 37.1 Å². The number of hydrogen-bond donors (Lipinski definition) is 2. The molecule has 1 heterocycles. The molecule has 0 radical (unpaired) electrons. The molecule has 2 amide bonds. The Morgan fingerprint density at radius 1 is 1.16 bits per heavy atom. The van der Waals surface area contributed by atoms with Gasteiger partial charge in [0.05, 0.1) is 12.6 Å².